The van der Waals surface area contributed by atoms with Gasteiger partial charge in [-0.05, 0) is 12.1 Å². The van der Waals surface area contributed by atoms with Crippen molar-refractivity contribution in [2.75, 3.05) is 13.1 Å². The molecule has 19 heavy (non-hydrogen) atoms. The second-order valence-electron chi connectivity index (χ2n) is 4.32. The van der Waals surface area contributed by atoms with Crippen molar-refractivity contribution in [3.05, 3.63) is 28.8 Å². The average Bonchev–Trinajstić information content (AvgIpc) is 2.42. The second-order valence-corrected chi connectivity index (χ2v) is 4.69. The van der Waals surface area contributed by atoms with Crippen LogP contribution in [0.5, 0.6) is 5.75 Å². The summed E-state index contributed by atoms with van der Waals surface area (Å²) in [5.41, 5.74) is 0.377. The van der Waals surface area contributed by atoms with Gasteiger partial charge in [0.1, 0.15) is 22.9 Å². The Kier molecular flexibility index (Phi) is 4.13. The van der Waals surface area contributed by atoms with E-state index < -0.39 is 6.09 Å². The predicted octanol–water partition coefficient (Wildman–Crippen LogP) is 2.73. The number of ether oxygens (including phenoxy) is 1. The lowest BCUT2D eigenvalue weighted by atomic mass is 10.1. The van der Waals surface area contributed by atoms with Gasteiger partial charge >= 0.3 is 6.09 Å². The highest BCUT2D eigenvalue weighted by molar-refractivity contribution is 6.33. The normalized spacial score (nSPS) is 15.9. The molecular weight excluding hydrogens is 268 g/mol. The summed E-state index contributed by atoms with van der Waals surface area (Å²) in [5, 5.41) is 18.0. The van der Waals surface area contributed by atoms with Crippen LogP contribution in [0.3, 0.4) is 0 Å². The maximum atomic E-state index is 10.8. The van der Waals surface area contributed by atoms with Gasteiger partial charge in [0, 0.05) is 25.9 Å². The summed E-state index contributed by atoms with van der Waals surface area (Å²) in [6, 6.07) is 7.05. The molecule has 1 heterocycles. The van der Waals surface area contributed by atoms with E-state index in [1.165, 1.54) is 4.90 Å². The molecule has 5 nitrogen and oxygen atoms in total. The molecule has 0 bridgehead atoms. The summed E-state index contributed by atoms with van der Waals surface area (Å²) < 4.78 is 5.75. The smallest absolute Gasteiger partial charge is 0.407 e. The van der Waals surface area contributed by atoms with E-state index in [0.717, 1.165) is 0 Å². The van der Waals surface area contributed by atoms with Gasteiger partial charge in [-0.1, -0.05) is 17.7 Å². The molecule has 1 aliphatic heterocycles. The first-order chi connectivity index (χ1) is 9.11. The highest BCUT2D eigenvalue weighted by atomic mass is 35.5. The maximum Gasteiger partial charge on any atom is 0.407 e. The van der Waals surface area contributed by atoms with Gasteiger partial charge in [-0.15, -0.1) is 0 Å². The molecule has 0 saturated carbocycles. The number of rotatable bonds is 2. The van der Waals surface area contributed by atoms with E-state index in [9.17, 15) is 4.79 Å². The van der Waals surface area contributed by atoms with Crippen LogP contribution >= 0.6 is 11.6 Å². The number of nitriles is 1. The van der Waals surface area contributed by atoms with Crippen molar-refractivity contribution < 1.29 is 14.6 Å². The van der Waals surface area contributed by atoms with E-state index >= 15 is 0 Å². The second kappa shape index (κ2) is 5.81. The minimum atomic E-state index is -0.900. The van der Waals surface area contributed by atoms with Gasteiger partial charge in [0.25, 0.3) is 0 Å². The number of carbonyl (C=O) groups is 1. The maximum absolute atomic E-state index is 10.8. The monoisotopic (exact) mass is 280 g/mol. The van der Waals surface area contributed by atoms with Crippen molar-refractivity contribution >= 4 is 17.7 Å². The van der Waals surface area contributed by atoms with Gasteiger partial charge in [-0.25, -0.2) is 4.79 Å². The van der Waals surface area contributed by atoms with Crippen LogP contribution in [0.4, 0.5) is 4.79 Å². The molecule has 1 aromatic rings. The number of nitrogens with zero attached hydrogens (tertiary/aromatic N) is 2. The van der Waals surface area contributed by atoms with Crippen molar-refractivity contribution in [3.63, 3.8) is 0 Å². The van der Waals surface area contributed by atoms with Gasteiger partial charge in [0.15, 0.2) is 0 Å². The van der Waals surface area contributed by atoms with Crippen LogP contribution in [0.25, 0.3) is 0 Å². The van der Waals surface area contributed by atoms with Crippen LogP contribution in [-0.2, 0) is 0 Å². The molecule has 6 heteroatoms. The SMILES string of the molecule is N#Cc1cccc(OC2CCN(C(=O)O)CC2)c1Cl. The molecule has 1 amide bonds. The minimum Gasteiger partial charge on any atom is -0.489 e. The van der Waals surface area contributed by atoms with E-state index in [0.29, 0.717) is 42.3 Å². The highest BCUT2D eigenvalue weighted by Gasteiger charge is 2.24. The molecule has 1 aromatic carbocycles. The summed E-state index contributed by atoms with van der Waals surface area (Å²) in [7, 11) is 0. The fourth-order valence-corrected chi connectivity index (χ4v) is 2.25. The fraction of sp³-hybridized carbons (Fsp3) is 0.385. The quantitative estimate of drug-likeness (QED) is 0.904. The topological polar surface area (TPSA) is 73.6 Å². The van der Waals surface area contributed by atoms with Crippen molar-refractivity contribution in [2.24, 2.45) is 0 Å². The Labute approximate surface area is 116 Å². The van der Waals surface area contributed by atoms with Gasteiger partial charge in [0.2, 0.25) is 0 Å². The molecule has 0 atom stereocenters. The molecule has 0 aliphatic carbocycles. The summed E-state index contributed by atoms with van der Waals surface area (Å²) >= 11 is 6.06. The third-order valence-corrected chi connectivity index (χ3v) is 3.48. The first kappa shape index (κ1) is 13.5. The van der Waals surface area contributed by atoms with Crippen molar-refractivity contribution in [2.45, 2.75) is 18.9 Å². The van der Waals surface area contributed by atoms with E-state index in [-0.39, 0.29) is 6.10 Å². The Balaban J connectivity index is 2.00. The van der Waals surface area contributed by atoms with Crippen LogP contribution in [-0.4, -0.2) is 35.3 Å². The lowest BCUT2D eigenvalue weighted by Gasteiger charge is -2.30. The first-order valence-corrected chi connectivity index (χ1v) is 6.32. The van der Waals surface area contributed by atoms with E-state index in [1.54, 1.807) is 18.2 Å². The molecule has 0 spiro atoms. The predicted molar refractivity (Wildman–Crippen MR) is 69.4 cm³/mol. The van der Waals surface area contributed by atoms with Gasteiger partial charge < -0.3 is 14.7 Å². The van der Waals surface area contributed by atoms with Gasteiger partial charge in [-0.2, -0.15) is 5.26 Å². The molecule has 100 valence electrons. The van der Waals surface area contributed by atoms with Crippen LogP contribution in [0.1, 0.15) is 18.4 Å². The number of benzene rings is 1. The molecule has 0 aromatic heterocycles. The molecule has 1 saturated heterocycles. The largest absolute Gasteiger partial charge is 0.489 e. The zero-order valence-electron chi connectivity index (χ0n) is 10.2. The van der Waals surface area contributed by atoms with Crippen LogP contribution in [0, 0.1) is 11.3 Å². The Morgan fingerprint density at radius 3 is 2.74 bits per heavy atom. The Morgan fingerprint density at radius 1 is 1.47 bits per heavy atom. The van der Waals surface area contributed by atoms with Gasteiger partial charge in [-0.3, -0.25) is 0 Å². The standard InChI is InChI=1S/C13H13ClN2O3/c14-12-9(8-15)2-1-3-11(12)19-10-4-6-16(7-5-10)13(17)18/h1-3,10H,4-7H2,(H,17,18). The third kappa shape index (κ3) is 3.09. The molecule has 1 fully saturated rings. The van der Waals surface area contributed by atoms with E-state index in [1.807, 2.05) is 6.07 Å². The number of likely N-dealkylation sites (tertiary alicyclic amines) is 1. The number of hydrogen-bond donors (Lipinski definition) is 1. The van der Waals surface area contributed by atoms with E-state index in [4.69, 9.17) is 26.7 Å². The van der Waals surface area contributed by atoms with Crippen molar-refractivity contribution in [1.29, 1.82) is 5.26 Å². The molecule has 0 radical (unpaired) electrons. The minimum absolute atomic E-state index is 0.0676. The van der Waals surface area contributed by atoms with Crippen LogP contribution in [0.15, 0.2) is 18.2 Å². The highest BCUT2D eigenvalue weighted by Crippen LogP contribution is 2.30. The summed E-state index contributed by atoms with van der Waals surface area (Å²) in [4.78, 5) is 12.2. The Hall–Kier alpha value is -1.93. The summed E-state index contributed by atoms with van der Waals surface area (Å²) in [5.74, 6) is 0.481. The molecule has 2 rings (SSSR count). The lowest BCUT2D eigenvalue weighted by molar-refractivity contribution is 0.0895. The summed E-state index contributed by atoms with van der Waals surface area (Å²) in [6.07, 6.45) is 0.281. The molecule has 0 unspecified atom stereocenters. The zero-order valence-corrected chi connectivity index (χ0v) is 10.9. The molecular formula is C13H13ClN2O3. The molecule has 1 N–H and O–H groups in total. The lowest BCUT2D eigenvalue weighted by Crippen LogP contribution is -2.41. The molecule has 1 aliphatic rings. The van der Waals surface area contributed by atoms with Crippen LogP contribution in [0.2, 0.25) is 5.02 Å². The number of piperidine rings is 1. The first-order valence-electron chi connectivity index (χ1n) is 5.95. The number of hydrogen-bond acceptors (Lipinski definition) is 3. The zero-order chi connectivity index (χ0) is 13.8. The van der Waals surface area contributed by atoms with E-state index in [2.05, 4.69) is 0 Å². The number of halogens is 1. The van der Waals surface area contributed by atoms with Crippen molar-refractivity contribution in [3.8, 4) is 11.8 Å². The number of carboxylic acid groups (broad SMARTS) is 1. The third-order valence-electron chi connectivity index (χ3n) is 3.09. The summed E-state index contributed by atoms with van der Waals surface area (Å²) in [6.45, 7) is 0.908. The average molecular weight is 281 g/mol. The van der Waals surface area contributed by atoms with Crippen LogP contribution < -0.4 is 4.74 Å². The number of amides is 1. The van der Waals surface area contributed by atoms with Crippen molar-refractivity contribution in [1.82, 2.24) is 4.90 Å². The Morgan fingerprint density at radius 2 is 2.16 bits per heavy atom. The fourth-order valence-electron chi connectivity index (χ4n) is 2.03. The Bertz CT molecular complexity index is 519. The van der Waals surface area contributed by atoms with Gasteiger partial charge in [0.05, 0.1) is 5.56 Å².